The fourth-order valence-electron chi connectivity index (χ4n) is 3.20. The number of amides is 1. The highest BCUT2D eigenvalue weighted by Crippen LogP contribution is 2.31. The number of hydrogen-bond acceptors (Lipinski definition) is 6. The van der Waals surface area contributed by atoms with Gasteiger partial charge in [-0.05, 0) is 13.8 Å². The molecule has 0 radical (unpaired) electrons. The van der Waals surface area contributed by atoms with Crippen LogP contribution in [0, 0.1) is 13.8 Å². The molecule has 10 heteroatoms. The number of carbonyl (C=O) groups is 1. The molecule has 24 heavy (non-hydrogen) atoms. The Hall–Kier alpha value is -1.52. The Balaban J connectivity index is 1.91. The second-order valence-corrected chi connectivity index (χ2v) is 7.84. The van der Waals surface area contributed by atoms with Crippen molar-refractivity contribution in [2.24, 2.45) is 0 Å². The maximum Gasteiger partial charge on any atom is 0.249 e. The Bertz CT molecular complexity index is 709. The first-order chi connectivity index (χ1) is 11.3. The number of aryl methyl sites for hydroxylation is 2. The number of hydrogen-bond donors (Lipinski definition) is 0. The van der Waals surface area contributed by atoms with E-state index in [1.54, 1.807) is 0 Å². The van der Waals surface area contributed by atoms with E-state index >= 15 is 0 Å². The summed E-state index contributed by atoms with van der Waals surface area (Å²) in [5.41, 5.74) is 0.201. The number of carbonyl (C=O) groups excluding carboxylic acids is 1. The molecule has 0 bridgehead atoms. The maximum absolute atomic E-state index is 14.0. The van der Waals surface area contributed by atoms with Crippen molar-refractivity contribution in [2.75, 3.05) is 32.8 Å². The lowest BCUT2D eigenvalue weighted by molar-refractivity contribution is -0.138. The largest absolute Gasteiger partial charge is 0.378 e. The monoisotopic (exact) mass is 361 g/mol. The van der Waals surface area contributed by atoms with E-state index in [9.17, 15) is 17.6 Å². The van der Waals surface area contributed by atoms with Crippen LogP contribution in [0.4, 0.5) is 4.39 Å². The second-order valence-electron chi connectivity index (χ2n) is 6.01. The summed E-state index contributed by atoms with van der Waals surface area (Å²) in [5.74, 6) is -0.249. The highest BCUT2D eigenvalue weighted by atomic mass is 32.2. The molecule has 0 saturated carbocycles. The predicted octanol–water partition coefficient (Wildman–Crippen LogP) is 0.251. The van der Waals surface area contributed by atoms with Crippen molar-refractivity contribution < 1.29 is 26.9 Å². The van der Waals surface area contributed by atoms with Gasteiger partial charge in [0.05, 0.1) is 13.2 Å². The molecule has 2 aliphatic rings. The quantitative estimate of drug-likeness (QED) is 0.766. The van der Waals surface area contributed by atoms with Gasteiger partial charge in [-0.15, -0.1) is 0 Å². The smallest absolute Gasteiger partial charge is 0.249 e. The van der Waals surface area contributed by atoms with Gasteiger partial charge in [0.25, 0.3) is 0 Å². The third-order valence-electron chi connectivity index (χ3n) is 4.35. The van der Waals surface area contributed by atoms with Gasteiger partial charge in [-0.2, -0.15) is 4.31 Å². The highest BCUT2D eigenvalue weighted by molar-refractivity contribution is 7.89. The lowest BCUT2D eigenvalue weighted by Crippen LogP contribution is -2.51. The molecular formula is C14H20FN3O5S. The van der Waals surface area contributed by atoms with Gasteiger partial charge in [-0.1, -0.05) is 5.16 Å². The molecule has 2 saturated heterocycles. The number of rotatable bonds is 3. The van der Waals surface area contributed by atoms with Crippen LogP contribution in [0.25, 0.3) is 0 Å². The number of nitrogens with zero attached hydrogens (tertiary/aromatic N) is 3. The average Bonchev–Trinajstić information content (AvgIpc) is 3.11. The van der Waals surface area contributed by atoms with E-state index in [0.29, 0.717) is 26.3 Å². The Morgan fingerprint density at radius 3 is 2.54 bits per heavy atom. The van der Waals surface area contributed by atoms with E-state index in [2.05, 4.69) is 5.16 Å². The summed E-state index contributed by atoms with van der Waals surface area (Å²) in [5, 5.41) is 3.65. The summed E-state index contributed by atoms with van der Waals surface area (Å²) in [6.07, 6.45) is -1.52. The number of ether oxygens (including phenoxy) is 1. The van der Waals surface area contributed by atoms with Crippen LogP contribution in [0.15, 0.2) is 9.42 Å². The molecule has 3 heterocycles. The number of sulfonamides is 1. The van der Waals surface area contributed by atoms with Crippen molar-refractivity contribution in [1.82, 2.24) is 14.4 Å². The molecule has 1 aromatic heterocycles. The molecule has 1 amide bonds. The zero-order chi connectivity index (χ0) is 17.5. The minimum Gasteiger partial charge on any atom is -0.378 e. The predicted molar refractivity (Wildman–Crippen MR) is 80.6 cm³/mol. The number of morpholine rings is 1. The van der Waals surface area contributed by atoms with Crippen LogP contribution in [0.5, 0.6) is 0 Å². The van der Waals surface area contributed by atoms with Crippen molar-refractivity contribution in [2.45, 2.75) is 37.4 Å². The molecule has 0 spiro atoms. The molecular weight excluding hydrogens is 341 g/mol. The van der Waals surface area contributed by atoms with E-state index < -0.39 is 22.2 Å². The minimum atomic E-state index is -4.06. The van der Waals surface area contributed by atoms with Gasteiger partial charge in [0.15, 0.2) is 5.76 Å². The standard InChI is InChI=1S/C14H20FN3O5S/c1-9-13(10(2)23-16-9)24(20,21)18-8-11(15)7-12(18)14(19)17-3-5-22-6-4-17/h11-12H,3-8H2,1-2H3/t11-,12-/m0/s1. The van der Waals surface area contributed by atoms with Gasteiger partial charge in [0, 0.05) is 26.1 Å². The molecule has 2 fully saturated rings. The van der Waals surface area contributed by atoms with E-state index in [0.717, 1.165) is 4.31 Å². The molecule has 2 atom stereocenters. The first-order valence-corrected chi connectivity index (χ1v) is 9.21. The van der Waals surface area contributed by atoms with E-state index in [4.69, 9.17) is 9.26 Å². The zero-order valence-corrected chi connectivity index (χ0v) is 14.4. The van der Waals surface area contributed by atoms with Crippen molar-refractivity contribution in [3.05, 3.63) is 11.5 Å². The van der Waals surface area contributed by atoms with Gasteiger partial charge in [-0.3, -0.25) is 4.79 Å². The van der Waals surface area contributed by atoms with Crippen molar-refractivity contribution in [3.8, 4) is 0 Å². The lowest BCUT2D eigenvalue weighted by Gasteiger charge is -2.31. The molecule has 1 aromatic rings. The molecule has 0 unspecified atom stereocenters. The molecule has 0 aliphatic carbocycles. The first-order valence-electron chi connectivity index (χ1n) is 7.77. The SMILES string of the molecule is Cc1noc(C)c1S(=O)(=O)N1C[C@@H](F)C[C@H]1C(=O)N1CCOCC1. The summed E-state index contributed by atoms with van der Waals surface area (Å²) in [4.78, 5) is 14.1. The maximum atomic E-state index is 14.0. The molecule has 2 aliphatic heterocycles. The van der Waals surface area contributed by atoms with E-state index in [1.807, 2.05) is 0 Å². The molecule has 8 nitrogen and oxygen atoms in total. The summed E-state index contributed by atoms with van der Waals surface area (Å²) < 4.78 is 50.9. The number of aromatic nitrogens is 1. The van der Waals surface area contributed by atoms with Crippen molar-refractivity contribution in [3.63, 3.8) is 0 Å². The Morgan fingerprint density at radius 2 is 1.96 bits per heavy atom. The lowest BCUT2D eigenvalue weighted by atomic mass is 10.2. The number of alkyl halides is 1. The van der Waals surface area contributed by atoms with Crippen molar-refractivity contribution in [1.29, 1.82) is 0 Å². The number of halogens is 1. The second kappa shape index (κ2) is 6.41. The average molecular weight is 361 g/mol. The minimum absolute atomic E-state index is 0.0867. The fraction of sp³-hybridized carbons (Fsp3) is 0.714. The van der Waals surface area contributed by atoms with Gasteiger partial charge in [0.1, 0.15) is 22.8 Å². The van der Waals surface area contributed by atoms with Crippen LogP contribution in [-0.2, 0) is 19.6 Å². The van der Waals surface area contributed by atoms with E-state index in [1.165, 1.54) is 18.7 Å². The summed E-state index contributed by atoms with van der Waals surface area (Å²) in [6.45, 7) is 4.20. The molecule has 0 aromatic carbocycles. The first kappa shape index (κ1) is 17.3. The van der Waals surface area contributed by atoms with Gasteiger partial charge in [0.2, 0.25) is 15.9 Å². The third-order valence-corrected chi connectivity index (χ3v) is 6.47. The Kier molecular flexibility index (Phi) is 4.63. The van der Waals surface area contributed by atoms with Gasteiger partial charge >= 0.3 is 0 Å². The molecule has 3 rings (SSSR count). The van der Waals surface area contributed by atoms with Crippen molar-refractivity contribution >= 4 is 15.9 Å². The topological polar surface area (TPSA) is 93.0 Å². The fourth-order valence-corrected chi connectivity index (χ4v) is 5.12. The molecule has 134 valence electrons. The Morgan fingerprint density at radius 1 is 1.29 bits per heavy atom. The van der Waals surface area contributed by atoms with E-state index in [-0.39, 0.29) is 35.2 Å². The zero-order valence-electron chi connectivity index (χ0n) is 13.6. The van der Waals surface area contributed by atoms with Gasteiger partial charge in [-0.25, -0.2) is 12.8 Å². The highest BCUT2D eigenvalue weighted by Gasteiger charge is 2.47. The van der Waals surface area contributed by atoms with Gasteiger partial charge < -0.3 is 14.2 Å². The van der Waals surface area contributed by atoms with Crippen LogP contribution in [0.2, 0.25) is 0 Å². The van der Waals surface area contributed by atoms with Crippen LogP contribution < -0.4 is 0 Å². The summed E-state index contributed by atoms with van der Waals surface area (Å²) >= 11 is 0. The summed E-state index contributed by atoms with van der Waals surface area (Å²) in [6, 6.07) is -1.04. The molecule has 0 N–H and O–H groups in total. The van der Waals surface area contributed by atoms with Crippen LogP contribution in [0.1, 0.15) is 17.9 Å². The summed E-state index contributed by atoms with van der Waals surface area (Å²) in [7, 11) is -4.06. The Labute approximate surface area is 139 Å². The van der Waals surface area contributed by atoms with Crippen LogP contribution >= 0.6 is 0 Å². The van der Waals surface area contributed by atoms with Crippen LogP contribution in [0.3, 0.4) is 0 Å². The van der Waals surface area contributed by atoms with Crippen LogP contribution in [-0.4, -0.2) is 73.7 Å². The third kappa shape index (κ3) is 2.93. The normalized spacial score (nSPS) is 26.0.